The monoisotopic (exact) mass is 321 g/mol. The highest BCUT2D eigenvalue weighted by Crippen LogP contribution is 2.22. The number of hydrogen-bond donors (Lipinski definition) is 0. The summed E-state index contributed by atoms with van der Waals surface area (Å²) in [6, 6.07) is 12.2. The first-order valence-corrected chi connectivity index (χ1v) is 8.01. The molecule has 122 valence electrons. The highest BCUT2D eigenvalue weighted by molar-refractivity contribution is 5.54. The maximum absolute atomic E-state index is 5.21. The molecule has 0 aliphatic carbocycles. The van der Waals surface area contributed by atoms with Crippen molar-refractivity contribution in [1.29, 1.82) is 0 Å². The lowest BCUT2D eigenvalue weighted by molar-refractivity contribution is 0.209. The molecule has 0 fully saturated rings. The third-order valence-electron chi connectivity index (χ3n) is 4.34. The van der Waals surface area contributed by atoms with E-state index >= 15 is 0 Å². The Morgan fingerprint density at radius 2 is 1.79 bits per heavy atom. The van der Waals surface area contributed by atoms with Crippen molar-refractivity contribution in [2.24, 2.45) is 0 Å². The second-order valence-corrected chi connectivity index (χ2v) is 5.89. The summed E-state index contributed by atoms with van der Waals surface area (Å²) in [6.07, 6.45) is 3.57. The normalized spacial score (nSPS) is 14.4. The smallest absolute Gasteiger partial charge is 0.164 e. The van der Waals surface area contributed by atoms with Crippen molar-refractivity contribution in [3.63, 3.8) is 0 Å². The second-order valence-electron chi connectivity index (χ2n) is 5.89. The highest BCUT2D eigenvalue weighted by Gasteiger charge is 2.21. The van der Waals surface area contributed by atoms with Gasteiger partial charge in [-0.15, -0.1) is 10.2 Å². The van der Waals surface area contributed by atoms with Crippen molar-refractivity contribution < 1.29 is 4.74 Å². The van der Waals surface area contributed by atoms with E-state index in [2.05, 4.69) is 36.8 Å². The van der Waals surface area contributed by atoms with E-state index in [-0.39, 0.29) is 0 Å². The Balaban J connectivity index is 1.49. The predicted molar refractivity (Wildman–Crippen MR) is 90.4 cm³/mol. The van der Waals surface area contributed by atoms with Gasteiger partial charge in [-0.05, 0) is 29.8 Å². The Bertz CT molecular complexity index is 813. The zero-order valence-electron chi connectivity index (χ0n) is 13.6. The largest absolute Gasteiger partial charge is 0.497 e. The van der Waals surface area contributed by atoms with E-state index in [4.69, 9.17) is 4.74 Å². The van der Waals surface area contributed by atoms with Gasteiger partial charge in [0, 0.05) is 37.6 Å². The fourth-order valence-electron chi connectivity index (χ4n) is 3.05. The summed E-state index contributed by atoms with van der Waals surface area (Å²) in [7, 11) is 1.69. The summed E-state index contributed by atoms with van der Waals surface area (Å²) in [6.45, 7) is 3.59. The number of benzene rings is 1. The Morgan fingerprint density at radius 3 is 2.54 bits per heavy atom. The molecule has 3 aromatic rings. The number of rotatable bonds is 4. The Morgan fingerprint density at radius 1 is 1.00 bits per heavy atom. The number of ether oxygens (including phenoxy) is 1. The molecule has 1 aliphatic heterocycles. The van der Waals surface area contributed by atoms with Crippen LogP contribution in [-0.2, 0) is 19.6 Å². The summed E-state index contributed by atoms with van der Waals surface area (Å²) in [5, 5.41) is 8.76. The zero-order valence-corrected chi connectivity index (χ0v) is 13.6. The SMILES string of the molecule is COc1ccc(CN2CCn3c(nnc3-c3ccncc3)C2)cc1. The summed E-state index contributed by atoms with van der Waals surface area (Å²) >= 11 is 0. The lowest BCUT2D eigenvalue weighted by Gasteiger charge is -2.27. The molecule has 0 N–H and O–H groups in total. The average Bonchev–Trinajstić information content (AvgIpc) is 3.06. The van der Waals surface area contributed by atoms with E-state index in [9.17, 15) is 0 Å². The maximum Gasteiger partial charge on any atom is 0.164 e. The quantitative estimate of drug-likeness (QED) is 0.738. The zero-order chi connectivity index (χ0) is 16.4. The second kappa shape index (κ2) is 6.41. The van der Waals surface area contributed by atoms with E-state index < -0.39 is 0 Å². The molecule has 0 saturated carbocycles. The third-order valence-corrected chi connectivity index (χ3v) is 4.34. The first-order chi connectivity index (χ1) is 11.8. The van der Waals surface area contributed by atoms with Crippen LogP contribution in [-0.4, -0.2) is 38.3 Å². The molecule has 1 aliphatic rings. The van der Waals surface area contributed by atoms with E-state index in [1.807, 2.05) is 24.3 Å². The van der Waals surface area contributed by atoms with E-state index in [0.717, 1.165) is 49.1 Å². The van der Waals surface area contributed by atoms with Crippen molar-refractivity contribution >= 4 is 0 Å². The highest BCUT2D eigenvalue weighted by atomic mass is 16.5. The molecule has 0 saturated heterocycles. The lowest BCUT2D eigenvalue weighted by atomic mass is 10.2. The van der Waals surface area contributed by atoms with Gasteiger partial charge in [-0.1, -0.05) is 12.1 Å². The number of hydrogen-bond acceptors (Lipinski definition) is 5. The first kappa shape index (κ1) is 14.8. The molecule has 2 aromatic heterocycles. The Hall–Kier alpha value is -2.73. The van der Waals surface area contributed by atoms with Crippen LogP contribution >= 0.6 is 0 Å². The van der Waals surface area contributed by atoms with Crippen molar-refractivity contribution in [3.8, 4) is 17.1 Å². The van der Waals surface area contributed by atoms with Crippen molar-refractivity contribution in [3.05, 3.63) is 60.2 Å². The van der Waals surface area contributed by atoms with Gasteiger partial charge in [0.2, 0.25) is 0 Å². The molecule has 1 aromatic carbocycles. The fraction of sp³-hybridized carbons (Fsp3) is 0.278. The molecule has 0 unspecified atom stereocenters. The van der Waals surface area contributed by atoms with E-state index in [0.29, 0.717) is 0 Å². The standard InChI is InChI=1S/C18H19N5O/c1-24-16-4-2-14(3-5-16)12-22-10-11-23-17(13-22)20-21-18(23)15-6-8-19-9-7-15/h2-9H,10-13H2,1H3. The number of methoxy groups -OCH3 is 1. The van der Waals surface area contributed by atoms with Crippen LogP contribution in [0.2, 0.25) is 0 Å². The van der Waals surface area contributed by atoms with Crippen molar-refractivity contribution in [1.82, 2.24) is 24.6 Å². The molecule has 0 bridgehead atoms. The number of aromatic nitrogens is 4. The minimum absolute atomic E-state index is 0.810. The summed E-state index contributed by atoms with van der Waals surface area (Å²) in [5.41, 5.74) is 2.34. The molecule has 3 heterocycles. The lowest BCUT2D eigenvalue weighted by Crippen LogP contribution is -2.33. The van der Waals surface area contributed by atoms with Gasteiger partial charge in [-0.3, -0.25) is 9.88 Å². The molecular weight excluding hydrogens is 302 g/mol. The molecule has 0 spiro atoms. The molecule has 6 heteroatoms. The van der Waals surface area contributed by atoms with Gasteiger partial charge >= 0.3 is 0 Å². The van der Waals surface area contributed by atoms with Crippen LogP contribution in [0.3, 0.4) is 0 Å². The molecule has 4 rings (SSSR count). The molecule has 0 amide bonds. The number of pyridine rings is 1. The summed E-state index contributed by atoms with van der Waals surface area (Å²) in [5.74, 6) is 2.83. The Labute approximate surface area is 140 Å². The summed E-state index contributed by atoms with van der Waals surface area (Å²) < 4.78 is 7.42. The van der Waals surface area contributed by atoms with Gasteiger partial charge < -0.3 is 9.30 Å². The molecule has 0 atom stereocenters. The van der Waals surface area contributed by atoms with Crippen molar-refractivity contribution in [2.75, 3.05) is 13.7 Å². The van der Waals surface area contributed by atoms with Gasteiger partial charge in [0.05, 0.1) is 13.7 Å². The minimum Gasteiger partial charge on any atom is -0.497 e. The first-order valence-electron chi connectivity index (χ1n) is 8.01. The van der Waals surface area contributed by atoms with E-state index in [1.165, 1.54) is 5.56 Å². The molecule has 24 heavy (non-hydrogen) atoms. The van der Waals surface area contributed by atoms with Crippen LogP contribution in [0.15, 0.2) is 48.8 Å². The Kier molecular flexibility index (Phi) is 3.96. The van der Waals surface area contributed by atoms with Gasteiger partial charge in [0.1, 0.15) is 11.6 Å². The van der Waals surface area contributed by atoms with Crippen LogP contribution in [0.1, 0.15) is 11.4 Å². The van der Waals surface area contributed by atoms with Gasteiger partial charge in [0.15, 0.2) is 5.82 Å². The minimum atomic E-state index is 0.810. The van der Waals surface area contributed by atoms with Gasteiger partial charge in [-0.25, -0.2) is 0 Å². The third kappa shape index (κ3) is 2.88. The van der Waals surface area contributed by atoms with Crippen LogP contribution < -0.4 is 4.74 Å². The van der Waals surface area contributed by atoms with E-state index in [1.54, 1.807) is 19.5 Å². The molecule has 0 radical (unpaired) electrons. The van der Waals surface area contributed by atoms with Crippen LogP contribution in [0.25, 0.3) is 11.4 Å². The molecule has 6 nitrogen and oxygen atoms in total. The fourth-order valence-corrected chi connectivity index (χ4v) is 3.05. The maximum atomic E-state index is 5.21. The van der Waals surface area contributed by atoms with Crippen LogP contribution in [0, 0.1) is 0 Å². The van der Waals surface area contributed by atoms with Crippen LogP contribution in [0.5, 0.6) is 5.75 Å². The van der Waals surface area contributed by atoms with Crippen LogP contribution in [0.4, 0.5) is 0 Å². The van der Waals surface area contributed by atoms with Crippen molar-refractivity contribution in [2.45, 2.75) is 19.6 Å². The number of nitrogens with zero attached hydrogens (tertiary/aromatic N) is 5. The van der Waals surface area contributed by atoms with Gasteiger partial charge in [0.25, 0.3) is 0 Å². The average molecular weight is 321 g/mol. The number of fused-ring (bicyclic) bond motifs is 1. The molecular formula is C18H19N5O. The van der Waals surface area contributed by atoms with Gasteiger partial charge in [-0.2, -0.15) is 0 Å². The predicted octanol–water partition coefficient (Wildman–Crippen LogP) is 2.36. The topological polar surface area (TPSA) is 56.1 Å². The summed E-state index contributed by atoms with van der Waals surface area (Å²) in [4.78, 5) is 6.45.